The van der Waals surface area contributed by atoms with Gasteiger partial charge in [0.05, 0.1) is 13.7 Å². The van der Waals surface area contributed by atoms with Crippen LogP contribution >= 0.6 is 12.4 Å². The second-order valence-electron chi connectivity index (χ2n) is 4.25. The molecule has 1 saturated heterocycles. The second kappa shape index (κ2) is 8.04. The number of ether oxygens (including phenoxy) is 2. The molecule has 1 fully saturated rings. The van der Waals surface area contributed by atoms with Gasteiger partial charge in [-0.2, -0.15) is 0 Å². The first-order valence-corrected chi connectivity index (χ1v) is 6.13. The molecule has 20 heavy (non-hydrogen) atoms. The molecule has 1 heterocycles. The fraction of sp³-hybridized carbons (Fsp3) is 0.462. The van der Waals surface area contributed by atoms with E-state index in [1.807, 2.05) is 0 Å². The van der Waals surface area contributed by atoms with Crippen LogP contribution in [0.25, 0.3) is 0 Å². The molecule has 0 saturated carbocycles. The van der Waals surface area contributed by atoms with Gasteiger partial charge in [0.25, 0.3) is 5.91 Å². The lowest BCUT2D eigenvalue weighted by atomic mass is 10.2. The van der Waals surface area contributed by atoms with Gasteiger partial charge < -0.3 is 20.1 Å². The molecule has 0 aromatic heterocycles. The minimum Gasteiger partial charge on any atom is -0.494 e. The van der Waals surface area contributed by atoms with Crippen molar-refractivity contribution in [2.24, 2.45) is 0 Å². The van der Waals surface area contributed by atoms with Gasteiger partial charge in [-0.15, -0.1) is 12.4 Å². The van der Waals surface area contributed by atoms with Crippen molar-refractivity contribution in [1.82, 2.24) is 10.6 Å². The van der Waals surface area contributed by atoms with Gasteiger partial charge in [-0.3, -0.25) is 4.79 Å². The number of rotatable bonds is 4. The number of hydrogen-bond acceptors (Lipinski definition) is 4. The van der Waals surface area contributed by atoms with E-state index in [0.29, 0.717) is 18.7 Å². The second-order valence-corrected chi connectivity index (χ2v) is 4.25. The van der Waals surface area contributed by atoms with Crippen LogP contribution in [0.2, 0.25) is 0 Å². The zero-order valence-corrected chi connectivity index (χ0v) is 12.0. The zero-order chi connectivity index (χ0) is 13.7. The summed E-state index contributed by atoms with van der Waals surface area (Å²) < 4.78 is 23.6. The van der Waals surface area contributed by atoms with Gasteiger partial charge in [-0.1, -0.05) is 6.07 Å². The highest BCUT2D eigenvalue weighted by Gasteiger charge is 2.21. The molecule has 1 aromatic carbocycles. The first-order valence-electron chi connectivity index (χ1n) is 6.13. The number of morpholine rings is 1. The van der Waals surface area contributed by atoms with E-state index in [1.54, 1.807) is 6.07 Å². The van der Waals surface area contributed by atoms with Crippen molar-refractivity contribution in [3.05, 3.63) is 29.6 Å². The predicted molar refractivity (Wildman–Crippen MR) is 74.7 cm³/mol. The van der Waals surface area contributed by atoms with Crippen molar-refractivity contribution >= 4 is 18.3 Å². The smallest absolute Gasteiger partial charge is 0.250 e. The fourth-order valence-electron chi connectivity index (χ4n) is 1.86. The Labute approximate surface area is 123 Å². The van der Waals surface area contributed by atoms with E-state index in [4.69, 9.17) is 9.47 Å². The molecule has 1 atom stereocenters. The van der Waals surface area contributed by atoms with Crippen molar-refractivity contribution in [2.75, 3.05) is 26.8 Å². The third kappa shape index (κ3) is 4.33. The normalized spacial score (nSPS) is 18.0. The Balaban J connectivity index is 0.00000200. The maximum absolute atomic E-state index is 13.5. The van der Waals surface area contributed by atoms with Crippen molar-refractivity contribution in [1.29, 1.82) is 0 Å². The van der Waals surface area contributed by atoms with Crippen LogP contribution in [0.1, 0.15) is 5.56 Å². The number of benzene rings is 1. The molecule has 0 radical (unpaired) electrons. The van der Waals surface area contributed by atoms with E-state index in [-0.39, 0.29) is 30.6 Å². The van der Waals surface area contributed by atoms with Crippen LogP contribution in [0, 0.1) is 5.82 Å². The van der Waals surface area contributed by atoms with E-state index < -0.39 is 11.9 Å². The molecule has 7 heteroatoms. The van der Waals surface area contributed by atoms with Crippen molar-refractivity contribution < 1.29 is 18.7 Å². The van der Waals surface area contributed by atoms with Gasteiger partial charge >= 0.3 is 0 Å². The van der Waals surface area contributed by atoms with Crippen LogP contribution in [0.5, 0.6) is 5.75 Å². The van der Waals surface area contributed by atoms with Crippen LogP contribution in [0.15, 0.2) is 18.2 Å². The van der Waals surface area contributed by atoms with Gasteiger partial charge in [-0.05, 0) is 17.7 Å². The Morgan fingerprint density at radius 2 is 2.40 bits per heavy atom. The molecule has 1 aliphatic heterocycles. The molecule has 112 valence electrons. The summed E-state index contributed by atoms with van der Waals surface area (Å²) in [7, 11) is 1.41. The Kier molecular flexibility index (Phi) is 6.70. The highest BCUT2D eigenvalue weighted by molar-refractivity contribution is 5.85. The Bertz CT molecular complexity index is 453. The first-order chi connectivity index (χ1) is 9.20. The summed E-state index contributed by atoms with van der Waals surface area (Å²) in [4.78, 5) is 11.8. The molecule has 2 N–H and O–H groups in total. The predicted octanol–water partition coefficient (Wildman–Crippen LogP) is 0.861. The summed E-state index contributed by atoms with van der Waals surface area (Å²) in [6.45, 7) is 2.05. The Morgan fingerprint density at radius 1 is 1.60 bits per heavy atom. The van der Waals surface area contributed by atoms with Gasteiger partial charge in [0.2, 0.25) is 0 Å². The molecule has 0 aliphatic carbocycles. The summed E-state index contributed by atoms with van der Waals surface area (Å²) >= 11 is 0. The van der Waals surface area contributed by atoms with E-state index >= 15 is 0 Å². The minimum absolute atomic E-state index is 0. The molecule has 1 amide bonds. The maximum atomic E-state index is 13.5. The molecule has 0 bridgehead atoms. The van der Waals surface area contributed by atoms with E-state index in [1.165, 1.54) is 19.2 Å². The standard InChI is InChI=1S/C13H17FN2O3.ClH/c1-18-11-3-2-9(6-10(11)14)7-16-13(17)12-8-15-4-5-19-12;/h2-3,6,12,15H,4-5,7-8H2,1H3,(H,16,17);1H. The average Bonchev–Trinajstić information content (AvgIpc) is 2.46. The number of amides is 1. The van der Waals surface area contributed by atoms with Gasteiger partial charge in [0.15, 0.2) is 11.6 Å². The van der Waals surface area contributed by atoms with Crippen LogP contribution in [-0.4, -0.2) is 38.8 Å². The van der Waals surface area contributed by atoms with E-state index in [9.17, 15) is 9.18 Å². The lowest BCUT2D eigenvalue weighted by Crippen LogP contribution is -2.47. The molecular weight excluding hydrogens is 287 g/mol. The maximum Gasteiger partial charge on any atom is 0.250 e. The topological polar surface area (TPSA) is 59.6 Å². The molecule has 1 aromatic rings. The average molecular weight is 305 g/mol. The number of nitrogens with one attached hydrogen (secondary N) is 2. The number of carbonyl (C=O) groups excluding carboxylic acids is 1. The van der Waals surface area contributed by atoms with Gasteiger partial charge in [0.1, 0.15) is 6.10 Å². The fourth-order valence-corrected chi connectivity index (χ4v) is 1.86. The molecule has 0 spiro atoms. The molecular formula is C13H18ClFN2O3. The van der Waals surface area contributed by atoms with Crippen LogP contribution in [0.3, 0.4) is 0 Å². The minimum atomic E-state index is -0.475. The van der Waals surface area contributed by atoms with Crippen molar-refractivity contribution in [3.63, 3.8) is 0 Å². The van der Waals surface area contributed by atoms with Gasteiger partial charge in [-0.25, -0.2) is 4.39 Å². The monoisotopic (exact) mass is 304 g/mol. The van der Waals surface area contributed by atoms with Crippen LogP contribution in [0.4, 0.5) is 4.39 Å². The first kappa shape index (κ1) is 16.7. The summed E-state index contributed by atoms with van der Waals surface area (Å²) in [6.07, 6.45) is -0.475. The van der Waals surface area contributed by atoms with Crippen molar-refractivity contribution in [3.8, 4) is 5.75 Å². The Morgan fingerprint density at radius 3 is 3.00 bits per heavy atom. The number of hydrogen-bond donors (Lipinski definition) is 2. The number of halogens is 2. The van der Waals surface area contributed by atoms with E-state index in [0.717, 1.165) is 6.54 Å². The highest BCUT2D eigenvalue weighted by atomic mass is 35.5. The summed E-state index contributed by atoms with van der Waals surface area (Å²) in [5.41, 5.74) is 0.676. The quantitative estimate of drug-likeness (QED) is 0.866. The SMILES string of the molecule is COc1ccc(CNC(=O)C2CNCCO2)cc1F.Cl. The van der Waals surface area contributed by atoms with Crippen molar-refractivity contribution in [2.45, 2.75) is 12.6 Å². The largest absolute Gasteiger partial charge is 0.494 e. The summed E-state index contributed by atoms with van der Waals surface area (Å²) in [6, 6.07) is 4.59. The third-order valence-electron chi connectivity index (χ3n) is 2.90. The molecule has 1 aliphatic rings. The van der Waals surface area contributed by atoms with E-state index in [2.05, 4.69) is 10.6 Å². The summed E-state index contributed by atoms with van der Waals surface area (Å²) in [5, 5.41) is 5.80. The van der Waals surface area contributed by atoms with Crippen LogP contribution < -0.4 is 15.4 Å². The number of carbonyl (C=O) groups is 1. The lowest BCUT2D eigenvalue weighted by Gasteiger charge is -2.22. The Hall–Kier alpha value is -1.37. The van der Waals surface area contributed by atoms with Crippen LogP contribution in [-0.2, 0) is 16.1 Å². The highest BCUT2D eigenvalue weighted by Crippen LogP contribution is 2.17. The van der Waals surface area contributed by atoms with Gasteiger partial charge in [0, 0.05) is 19.6 Å². The molecule has 5 nitrogen and oxygen atoms in total. The number of methoxy groups -OCH3 is 1. The zero-order valence-electron chi connectivity index (χ0n) is 11.1. The lowest BCUT2D eigenvalue weighted by molar-refractivity contribution is -0.134. The molecule has 1 unspecified atom stereocenters. The molecule has 2 rings (SSSR count). The third-order valence-corrected chi connectivity index (χ3v) is 2.90. The summed E-state index contributed by atoms with van der Waals surface area (Å²) in [5.74, 6) is -0.442.